The summed E-state index contributed by atoms with van der Waals surface area (Å²) in [4.78, 5) is 4.84. The van der Waals surface area contributed by atoms with Crippen LogP contribution in [0, 0.1) is 0 Å². The van der Waals surface area contributed by atoms with Crippen LogP contribution in [0.2, 0.25) is 0 Å². The summed E-state index contributed by atoms with van der Waals surface area (Å²) in [6.07, 6.45) is 3.45. The number of hydrogen-bond acceptors (Lipinski definition) is 4. The van der Waals surface area contributed by atoms with E-state index in [1.165, 1.54) is 25.9 Å². The van der Waals surface area contributed by atoms with Gasteiger partial charge in [0.2, 0.25) is 0 Å². The Morgan fingerprint density at radius 1 is 1.19 bits per heavy atom. The van der Waals surface area contributed by atoms with Crippen LogP contribution in [0.15, 0.2) is 30.3 Å². The molecule has 4 nitrogen and oxygen atoms in total. The molecule has 3 N–H and O–H groups in total. The summed E-state index contributed by atoms with van der Waals surface area (Å²) >= 11 is 0. The van der Waals surface area contributed by atoms with E-state index in [4.69, 9.17) is 5.73 Å². The zero-order chi connectivity index (χ0) is 15.1. The highest BCUT2D eigenvalue weighted by atomic mass is 16.3. The first-order valence-electron chi connectivity index (χ1n) is 8.00. The third-order valence-electron chi connectivity index (χ3n) is 4.57. The fourth-order valence-corrected chi connectivity index (χ4v) is 2.91. The SMILES string of the molecule is CN(CCN1CCCC1)CCC(N)(CO)c1ccccc1. The molecule has 1 aromatic carbocycles. The van der Waals surface area contributed by atoms with Crippen molar-refractivity contribution in [2.24, 2.45) is 5.73 Å². The van der Waals surface area contributed by atoms with Crippen LogP contribution in [-0.2, 0) is 5.54 Å². The Labute approximate surface area is 128 Å². The second-order valence-corrected chi connectivity index (χ2v) is 6.28. The highest BCUT2D eigenvalue weighted by molar-refractivity contribution is 5.24. The molecule has 0 bridgehead atoms. The molecule has 0 aliphatic carbocycles. The molecular weight excluding hydrogens is 262 g/mol. The Morgan fingerprint density at radius 3 is 2.48 bits per heavy atom. The van der Waals surface area contributed by atoms with Crippen LogP contribution in [0.25, 0.3) is 0 Å². The Kier molecular flexibility index (Phi) is 6.18. The highest BCUT2D eigenvalue weighted by Gasteiger charge is 2.26. The first-order chi connectivity index (χ1) is 10.1. The van der Waals surface area contributed by atoms with Gasteiger partial charge in [-0.2, -0.15) is 0 Å². The molecule has 1 aliphatic heterocycles. The van der Waals surface area contributed by atoms with E-state index in [9.17, 15) is 5.11 Å². The van der Waals surface area contributed by atoms with Gasteiger partial charge in [0.25, 0.3) is 0 Å². The van der Waals surface area contributed by atoms with Gasteiger partial charge >= 0.3 is 0 Å². The largest absolute Gasteiger partial charge is 0.394 e. The molecular formula is C17H29N3O. The topological polar surface area (TPSA) is 52.7 Å². The number of hydrogen-bond donors (Lipinski definition) is 2. The van der Waals surface area contributed by atoms with Crippen molar-refractivity contribution < 1.29 is 5.11 Å². The van der Waals surface area contributed by atoms with Gasteiger partial charge in [0.1, 0.15) is 0 Å². The van der Waals surface area contributed by atoms with Crippen molar-refractivity contribution in [3.63, 3.8) is 0 Å². The fraction of sp³-hybridized carbons (Fsp3) is 0.647. The van der Waals surface area contributed by atoms with Crippen LogP contribution >= 0.6 is 0 Å². The van der Waals surface area contributed by atoms with Crippen molar-refractivity contribution in [1.82, 2.24) is 9.80 Å². The molecule has 0 spiro atoms. The van der Waals surface area contributed by atoms with Gasteiger partial charge in [0, 0.05) is 19.6 Å². The summed E-state index contributed by atoms with van der Waals surface area (Å²) in [6, 6.07) is 9.93. The van der Waals surface area contributed by atoms with E-state index < -0.39 is 5.54 Å². The summed E-state index contributed by atoms with van der Waals surface area (Å²) < 4.78 is 0. The standard InChI is InChI=1S/C17H29N3O/c1-19(13-14-20-10-5-6-11-20)12-9-17(18,15-21)16-7-3-2-4-8-16/h2-4,7-8,21H,5-6,9-15,18H2,1H3. The Balaban J connectivity index is 1.79. The lowest BCUT2D eigenvalue weighted by Gasteiger charge is -2.30. The highest BCUT2D eigenvalue weighted by Crippen LogP contribution is 2.21. The number of rotatable bonds is 8. The number of likely N-dealkylation sites (tertiary alicyclic amines) is 1. The van der Waals surface area contributed by atoms with Crippen LogP contribution in [0.1, 0.15) is 24.8 Å². The van der Waals surface area contributed by atoms with E-state index in [0.29, 0.717) is 0 Å². The summed E-state index contributed by atoms with van der Waals surface area (Å²) in [5.74, 6) is 0. The normalized spacial score (nSPS) is 19.0. The number of likely N-dealkylation sites (N-methyl/N-ethyl adjacent to an activating group) is 1. The van der Waals surface area contributed by atoms with Crippen molar-refractivity contribution >= 4 is 0 Å². The van der Waals surface area contributed by atoms with Gasteiger partial charge in [0.15, 0.2) is 0 Å². The monoisotopic (exact) mass is 291 g/mol. The molecule has 4 heteroatoms. The third-order valence-corrected chi connectivity index (χ3v) is 4.57. The van der Waals surface area contributed by atoms with Gasteiger partial charge in [-0.05, 0) is 45.0 Å². The molecule has 1 saturated heterocycles. The van der Waals surface area contributed by atoms with Crippen LogP contribution in [-0.4, -0.2) is 61.3 Å². The van der Waals surface area contributed by atoms with Crippen molar-refractivity contribution in [2.45, 2.75) is 24.8 Å². The van der Waals surface area contributed by atoms with E-state index in [-0.39, 0.29) is 6.61 Å². The molecule has 2 rings (SSSR count). The average molecular weight is 291 g/mol. The lowest BCUT2D eigenvalue weighted by molar-refractivity contribution is 0.166. The first-order valence-corrected chi connectivity index (χ1v) is 8.00. The summed E-state index contributed by atoms with van der Waals surface area (Å²) in [5, 5.41) is 9.70. The van der Waals surface area contributed by atoms with Crippen molar-refractivity contribution in [2.75, 3.05) is 46.4 Å². The van der Waals surface area contributed by atoms with Gasteiger partial charge in [-0.25, -0.2) is 0 Å². The maximum Gasteiger partial charge on any atom is 0.0656 e. The Morgan fingerprint density at radius 2 is 1.86 bits per heavy atom. The van der Waals surface area contributed by atoms with Crippen LogP contribution in [0.5, 0.6) is 0 Å². The molecule has 1 unspecified atom stereocenters. The predicted molar refractivity (Wildman–Crippen MR) is 87.2 cm³/mol. The van der Waals surface area contributed by atoms with Crippen molar-refractivity contribution in [3.05, 3.63) is 35.9 Å². The van der Waals surface area contributed by atoms with Crippen LogP contribution in [0.4, 0.5) is 0 Å². The van der Waals surface area contributed by atoms with Crippen LogP contribution < -0.4 is 5.73 Å². The van der Waals surface area contributed by atoms with Gasteiger partial charge in [0.05, 0.1) is 12.1 Å². The molecule has 1 fully saturated rings. The first kappa shape index (κ1) is 16.4. The number of aliphatic hydroxyl groups excluding tert-OH is 1. The molecule has 118 valence electrons. The fourth-order valence-electron chi connectivity index (χ4n) is 2.91. The summed E-state index contributed by atoms with van der Waals surface area (Å²) in [6.45, 7) is 5.58. The Bertz CT molecular complexity index is 406. The van der Waals surface area contributed by atoms with Crippen LogP contribution in [0.3, 0.4) is 0 Å². The van der Waals surface area contributed by atoms with E-state index >= 15 is 0 Å². The van der Waals surface area contributed by atoms with Gasteiger partial charge in [-0.1, -0.05) is 30.3 Å². The third kappa shape index (κ3) is 4.78. The molecule has 21 heavy (non-hydrogen) atoms. The molecule has 1 aliphatic rings. The zero-order valence-corrected chi connectivity index (χ0v) is 13.2. The second kappa shape index (κ2) is 7.90. The molecule has 1 aromatic rings. The summed E-state index contributed by atoms with van der Waals surface area (Å²) in [7, 11) is 2.14. The molecule has 0 aromatic heterocycles. The van der Waals surface area contributed by atoms with Crippen molar-refractivity contribution in [1.29, 1.82) is 0 Å². The quantitative estimate of drug-likeness (QED) is 0.757. The zero-order valence-electron chi connectivity index (χ0n) is 13.2. The number of nitrogens with two attached hydrogens (primary N) is 1. The molecule has 0 saturated carbocycles. The minimum absolute atomic E-state index is 0.0169. The minimum Gasteiger partial charge on any atom is -0.394 e. The van der Waals surface area contributed by atoms with E-state index in [1.807, 2.05) is 30.3 Å². The summed E-state index contributed by atoms with van der Waals surface area (Å²) in [5.41, 5.74) is 6.78. The smallest absolute Gasteiger partial charge is 0.0656 e. The maximum atomic E-state index is 9.70. The molecule has 1 heterocycles. The van der Waals surface area contributed by atoms with Gasteiger partial charge in [-0.3, -0.25) is 0 Å². The maximum absolute atomic E-state index is 9.70. The van der Waals surface area contributed by atoms with Gasteiger partial charge < -0.3 is 20.6 Å². The Hall–Kier alpha value is -0.940. The molecule has 1 atom stereocenters. The van der Waals surface area contributed by atoms with E-state index in [0.717, 1.165) is 31.6 Å². The lowest BCUT2D eigenvalue weighted by atomic mass is 9.88. The number of benzene rings is 1. The van der Waals surface area contributed by atoms with Gasteiger partial charge in [-0.15, -0.1) is 0 Å². The number of aliphatic hydroxyl groups is 1. The minimum atomic E-state index is -0.636. The molecule has 0 amide bonds. The predicted octanol–water partition coefficient (Wildman–Crippen LogP) is 1.25. The number of nitrogens with zero attached hydrogens (tertiary/aromatic N) is 2. The van der Waals surface area contributed by atoms with Crippen molar-refractivity contribution in [3.8, 4) is 0 Å². The lowest BCUT2D eigenvalue weighted by Crippen LogP contribution is -2.44. The molecule has 0 radical (unpaired) electrons. The second-order valence-electron chi connectivity index (χ2n) is 6.28. The van der Waals surface area contributed by atoms with E-state index in [1.54, 1.807) is 0 Å². The average Bonchev–Trinajstić information content (AvgIpc) is 3.05. The van der Waals surface area contributed by atoms with E-state index in [2.05, 4.69) is 16.8 Å².